The van der Waals surface area contributed by atoms with Crippen molar-refractivity contribution in [1.82, 2.24) is 0 Å². The first kappa shape index (κ1) is 24.9. The lowest BCUT2D eigenvalue weighted by Crippen LogP contribution is -2.22. The number of halogens is 1. The van der Waals surface area contributed by atoms with Crippen LogP contribution in [0.15, 0.2) is 48.5 Å². The monoisotopic (exact) mass is 460 g/mol. The Kier molecular flexibility index (Phi) is 9.69. The molecular weight excluding hydrogens is 436 g/mol. The largest absolute Gasteiger partial charge is 0.462 e. The van der Waals surface area contributed by atoms with E-state index in [4.69, 9.17) is 21.1 Å². The van der Waals surface area contributed by atoms with Gasteiger partial charge >= 0.3 is 11.9 Å². The number of carbonyl (C=O) groups is 4. The van der Waals surface area contributed by atoms with Crippen molar-refractivity contribution in [1.29, 1.82) is 0 Å². The van der Waals surface area contributed by atoms with Gasteiger partial charge in [0.15, 0.2) is 6.61 Å². The molecule has 2 aromatic carbocycles. The molecule has 8 nitrogen and oxygen atoms in total. The summed E-state index contributed by atoms with van der Waals surface area (Å²) in [6, 6.07) is 12.9. The highest BCUT2D eigenvalue weighted by Crippen LogP contribution is 2.20. The molecule has 32 heavy (non-hydrogen) atoms. The van der Waals surface area contributed by atoms with E-state index in [1.54, 1.807) is 48.5 Å². The number of para-hydroxylation sites is 1. The third kappa shape index (κ3) is 8.77. The normalized spacial score (nSPS) is 10.4. The molecule has 0 saturated heterocycles. The van der Waals surface area contributed by atoms with Crippen molar-refractivity contribution in [2.75, 3.05) is 23.8 Å². The molecule has 0 fully saturated rings. The van der Waals surface area contributed by atoms with E-state index in [1.165, 1.54) is 0 Å². The van der Waals surface area contributed by atoms with Crippen LogP contribution < -0.4 is 10.6 Å². The molecule has 0 aliphatic heterocycles. The summed E-state index contributed by atoms with van der Waals surface area (Å²) in [5.41, 5.74) is 1.26. The zero-order chi connectivity index (χ0) is 23.5. The van der Waals surface area contributed by atoms with E-state index in [0.717, 1.165) is 0 Å². The molecule has 2 aromatic rings. The highest BCUT2D eigenvalue weighted by atomic mass is 35.5. The fourth-order valence-electron chi connectivity index (χ4n) is 2.42. The summed E-state index contributed by atoms with van der Waals surface area (Å²) in [6.45, 7) is 3.73. The van der Waals surface area contributed by atoms with Crippen molar-refractivity contribution >= 4 is 46.7 Å². The molecule has 0 saturated carbocycles. The molecule has 2 amide bonds. The van der Waals surface area contributed by atoms with E-state index in [9.17, 15) is 19.2 Å². The standard InChI is InChI=1S/C23H25ClN2O6/c1-15(2)13-32-23(30)16-7-9-17(10-8-16)25-20(27)11-12-22(29)31-14-21(28)26-19-6-4-3-5-18(19)24/h3-10,15H,11-14H2,1-2H3,(H,25,27)(H,26,28). The summed E-state index contributed by atoms with van der Waals surface area (Å²) in [5.74, 6) is -1.82. The van der Waals surface area contributed by atoms with Gasteiger partial charge in [-0.1, -0.05) is 37.6 Å². The fourth-order valence-corrected chi connectivity index (χ4v) is 2.60. The number of hydrogen-bond acceptors (Lipinski definition) is 6. The van der Waals surface area contributed by atoms with E-state index < -0.39 is 30.4 Å². The average molecular weight is 461 g/mol. The van der Waals surface area contributed by atoms with Crippen molar-refractivity contribution in [2.45, 2.75) is 26.7 Å². The molecule has 9 heteroatoms. The average Bonchev–Trinajstić information content (AvgIpc) is 2.76. The summed E-state index contributed by atoms with van der Waals surface area (Å²) in [5, 5.41) is 5.52. The first-order valence-electron chi connectivity index (χ1n) is 10.0. The molecule has 0 heterocycles. The highest BCUT2D eigenvalue weighted by Gasteiger charge is 2.13. The van der Waals surface area contributed by atoms with Gasteiger partial charge in [0, 0.05) is 12.1 Å². The maximum atomic E-state index is 12.0. The quantitative estimate of drug-likeness (QED) is 0.517. The van der Waals surface area contributed by atoms with Crippen molar-refractivity contribution in [3.63, 3.8) is 0 Å². The molecule has 0 unspecified atom stereocenters. The Labute approximate surface area is 191 Å². The number of nitrogens with one attached hydrogen (secondary N) is 2. The van der Waals surface area contributed by atoms with Crippen LogP contribution in [0.4, 0.5) is 11.4 Å². The Morgan fingerprint density at radius 3 is 2.22 bits per heavy atom. The first-order chi connectivity index (χ1) is 15.2. The molecule has 2 rings (SSSR count). The number of amides is 2. The van der Waals surface area contributed by atoms with Crippen molar-refractivity contribution < 1.29 is 28.7 Å². The van der Waals surface area contributed by atoms with Crippen LogP contribution in [-0.4, -0.2) is 37.0 Å². The SMILES string of the molecule is CC(C)COC(=O)c1ccc(NC(=O)CCC(=O)OCC(=O)Nc2ccccc2Cl)cc1. The second kappa shape index (κ2) is 12.5. The predicted molar refractivity (Wildman–Crippen MR) is 120 cm³/mol. The molecule has 0 aliphatic rings. The molecule has 0 aromatic heterocycles. The van der Waals surface area contributed by atoms with Gasteiger partial charge in [0.25, 0.3) is 5.91 Å². The van der Waals surface area contributed by atoms with Crippen LogP contribution in [0.3, 0.4) is 0 Å². The fraction of sp³-hybridized carbons (Fsp3) is 0.304. The third-order valence-corrected chi connectivity index (χ3v) is 4.35. The minimum absolute atomic E-state index is 0.122. The number of esters is 2. The zero-order valence-corrected chi connectivity index (χ0v) is 18.6. The van der Waals surface area contributed by atoms with Gasteiger partial charge in [-0.3, -0.25) is 14.4 Å². The Morgan fingerprint density at radius 1 is 0.875 bits per heavy atom. The maximum absolute atomic E-state index is 12.0. The van der Waals surface area contributed by atoms with Gasteiger partial charge in [-0.2, -0.15) is 0 Å². The van der Waals surface area contributed by atoms with Crippen molar-refractivity contribution in [2.24, 2.45) is 5.92 Å². The van der Waals surface area contributed by atoms with Gasteiger partial charge in [0.05, 0.1) is 29.3 Å². The van der Waals surface area contributed by atoms with Crippen molar-refractivity contribution in [3.8, 4) is 0 Å². The van der Waals surface area contributed by atoms with Gasteiger partial charge in [-0.15, -0.1) is 0 Å². The van der Waals surface area contributed by atoms with Crippen LogP contribution in [0, 0.1) is 5.92 Å². The Balaban J connectivity index is 1.69. The lowest BCUT2D eigenvalue weighted by molar-refractivity contribution is -0.147. The lowest BCUT2D eigenvalue weighted by Gasteiger charge is -2.09. The number of carbonyl (C=O) groups excluding carboxylic acids is 4. The van der Waals surface area contributed by atoms with E-state index in [0.29, 0.717) is 28.6 Å². The van der Waals surface area contributed by atoms with Crippen LogP contribution in [0.1, 0.15) is 37.0 Å². The Morgan fingerprint density at radius 2 is 1.56 bits per heavy atom. The topological polar surface area (TPSA) is 111 Å². The summed E-state index contributed by atoms with van der Waals surface area (Å²) in [4.78, 5) is 47.6. The Hall–Kier alpha value is -3.39. The van der Waals surface area contributed by atoms with Gasteiger partial charge in [-0.05, 0) is 42.3 Å². The number of rotatable bonds is 10. The number of hydrogen-bond donors (Lipinski definition) is 2. The molecule has 0 radical (unpaired) electrons. The smallest absolute Gasteiger partial charge is 0.338 e. The van der Waals surface area contributed by atoms with Crippen molar-refractivity contribution in [3.05, 3.63) is 59.1 Å². The maximum Gasteiger partial charge on any atom is 0.338 e. The minimum Gasteiger partial charge on any atom is -0.462 e. The second-order valence-electron chi connectivity index (χ2n) is 7.31. The second-order valence-corrected chi connectivity index (χ2v) is 7.71. The molecule has 170 valence electrons. The highest BCUT2D eigenvalue weighted by molar-refractivity contribution is 6.33. The van der Waals surface area contributed by atoms with Gasteiger partial charge in [0.1, 0.15) is 0 Å². The molecule has 0 atom stereocenters. The van der Waals surface area contributed by atoms with Crippen LogP contribution in [0.5, 0.6) is 0 Å². The summed E-state index contributed by atoms with van der Waals surface area (Å²) in [7, 11) is 0. The summed E-state index contributed by atoms with van der Waals surface area (Å²) >= 11 is 5.94. The van der Waals surface area contributed by atoms with Crippen LogP contribution in [0.2, 0.25) is 5.02 Å². The van der Waals surface area contributed by atoms with Crippen LogP contribution in [0.25, 0.3) is 0 Å². The molecule has 0 aliphatic carbocycles. The molecule has 0 bridgehead atoms. The van der Waals surface area contributed by atoms with E-state index in [-0.39, 0.29) is 18.8 Å². The molecule has 0 spiro atoms. The van der Waals surface area contributed by atoms with E-state index in [1.807, 2.05) is 13.8 Å². The minimum atomic E-state index is -0.683. The first-order valence-corrected chi connectivity index (χ1v) is 10.4. The van der Waals surface area contributed by atoms with Gasteiger partial charge in [-0.25, -0.2) is 4.79 Å². The molecule has 2 N–H and O–H groups in total. The lowest BCUT2D eigenvalue weighted by atomic mass is 10.2. The number of ether oxygens (including phenoxy) is 2. The van der Waals surface area contributed by atoms with Gasteiger partial charge < -0.3 is 20.1 Å². The van der Waals surface area contributed by atoms with E-state index >= 15 is 0 Å². The third-order valence-electron chi connectivity index (χ3n) is 4.02. The zero-order valence-electron chi connectivity index (χ0n) is 17.9. The van der Waals surface area contributed by atoms with Crippen LogP contribution in [-0.2, 0) is 23.9 Å². The molecular formula is C23H25ClN2O6. The van der Waals surface area contributed by atoms with Crippen LogP contribution >= 0.6 is 11.6 Å². The summed E-state index contributed by atoms with van der Waals surface area (Å²) < 4.78 is 10.0. The Bertz CT molecular complexity index is 959. The number of benzene rings is 2. The summed E-state index contributed by atoms with van der Waals surface area (Å²) in [6.07, 6.45) is -0.312. The number of anilines is 2. The predicted octanol–water partition coefficient (Wildman–Crippen LogP) is 4.05. The van der Waals surface area contributed by atoms with Gasteiger partial charge in [0.2, 0.25) is 5.91 Å². The van der Waals surface area contributed by atoms with E-state index in [2.05, 4.69) is 10.6 Å².